The molecule has 0 fully saturated rings. The van der Waals surface area contributed by atoms with Crippen molar-refractivity contribution in [2.24, 2.45) is 0 Å². The molecule has 5 heteroatoms. The molecule has 108 valence electrons. The third-order valence-corrected chi connectivity index (χ3v) is 3.05. The number of hydrogen-bond acceptors (Lipinski definition) is 3. The van der Waals surface area contributed by atoms with E-state index in [9.17, 15) is 4.79 Å². The molecule has 0 saturated carbocycles. The van der Waals surface area contributed by atoms with Gasteiger partial charge in [0.15, 0.2) is 5.82 Å². The summed E-state index contributed by atoms with van der Waals surface area (Å²) in [5.41, 5.74) is 2.75. The number of nitrogens with one attached hydrogen (secondary N) is 2. The van der Waals surface area contributed by atoms with Crippen LogP contribution in [-0.4, -0.2) is 21.1 Å². The molecule has 0 unspecified atom stereocenters. The van der Waals surface area contributed by atoms with Crippen molar-refractivity contribution in [2.45, 2.75) is 0 Å². The Hall–Kier alpha value is -3.21. The minimum Gasteiger partial charge on any atom is -0.306 e. The van der Waals surface area contributed by atoms with Crippen molar-refractivity contribution in [1.82, 2.24) is 15.2 Å². The van der Waals surface area contributed by atoms with Gasteiger partial charge in [0.2, 0.25) is 5.91 Å². The van der Waals surface area contributed by atoms with Gasteiger partial charge in [-0.2, -0.15) is 5.10 Å². The van der Waals surface area contributed by atoms with Crippen LogP contribution in [0.15, 0.2) is 67.0 Å². The van der Waals surface area contributed by atoms with E-state index in [1.54, 1.807) is 24.5 Å². The summed E-state index contributed by atoms with van der Waals surface area (Å²) in [6.07, 6.45) is 6.65. The van der Waals surface area contributed by atoms with Crippen LogP contribution in [0.4, 0.5) is 5.82 Å². The van der Waals surface area contributed by atoms with Crippen molar-refractivity contribution in [3.05, 3.63) is 72.6 Å². The zero-order valence-corrected chi connectivity index (χ0v) is 11.7. The third kappa shape index (κ3) is 3.46. The maximum Gasteiger partial charge on any atom is 0.249 e. The van der Waals surface area contributed by atoms with Crippen molar-refractivity contribution in [2.75, 3.05) is 5.32 Å². The number of carbonyl (C=O) groups is 1. The summed E-state index contributed by atoms with van der Waals surface area (Å²) in [5.74, 6) is 0.256. The van der Waals surface area contributed by atoms with E-state index in [1.165, 1.54) is 6.08 Å². The van der Waals surface area contributed by atoms with E-state index in [1.807, 2.05) is 42.5 Å². The Balaban J connectivity index is 1.65. The third-order valence-electron chi connectivity index (χ3n) is 3.05. The first kappa shape index (κ1) is 13.8. The fourth-order valence-corrected chi connectivity index (χ4v) is 1.97. The van der Waals surface area contributed by atoms with Gasteiger partial charge < -0.3 is 5.32 Å². The average molecular weight is 290 g/mol. The molecule has 0 saturated heterocycles. The first-order chi connectivity index (χ1) is 10.8. The van der Waals surface area contributed by atoms with Gasteiger partial charge in [0.1, 0.15) is 0 Å². The Bertz CT molecular complexity index is 779. The van der Waals surface area contributed by atoms with Gasteiger partial charge >= 0.3 is 0 Å². The fraction of sp³-hybridized carbons (Fsp3) is 0. The molecule has 2 heterocycles. The zero-order chi connectivity index (χ0) is 15.2. The van der Waals surface area contributed by atoms with Crippen LogP contribution in [0.5, 0.6) is 0 Å². The second kappa shape index (κ2) is 6.49. The number of benzene rings is 1. The highest BCUT2D eigenvalue weighted by Gasteiger charge is 2.05. The van der Waals surface area contributed by atoms with Crippen LogP contribution in [0.1, 0.15) is 5.56 Å². The van der Waals surface area contributed by atoms with E-state index in [0.717, 1.165) is 16.8 Å². The Morgan fingerprint density at radius 2 is 1.86 bits per heavy atom. The van der Waals surface area contributed by atoms with E-state index in [0.29, 0.717) is 5.82 Å². The summed E-state index contributed by atoms with van der Waals surface area (Å²) in [7, 11) is 0. The summed E-state index contributed by atoms with van der Waals surface area (Å²) in [6, 6.07) is 15.2. The van der Waals surface area contributed by atoms with Crippen LogP contribution in [0.25, 0.3) is 17.3 Å². The maximum atomic E-state index is 11.9. The molecule has 0 spiro atoms. The molecule has 2 N–H and O–H groups in total. The quantitative estimate of drug-likeness (QED) is 0.725. The summed E-state index contributed by atoms with van der Waals surface area (Å²) in [5, 5.41) is 9.68. The minimum absolute atomic E-state index is 0.225. The van der Waals surface area contributed by atoms with Crippen LogP contribution < -0.4 is 5.32 Å². The van der Waals surface area contributed by atoms with Crippen molar-refractivity contribution in [1.29, 1.82) is 0 Å². The number of anilines is 1. The predicted octanol–water partition coefficient (Wildman–Crippen LogP) is 3.12. The number of nitrogens with zero attached hydrogens (tertiary/aromatic N) is 2. The van der Waals surface area contributed by atoms with Gasteiger partial charge in [-0.3, -0.25) is 14.9 Å². The van der Waals surface area contributed by atoms with Crippen LogP contribution in [0.2, 0.25) is 0 Å². The zero-order valence-electron chi connectivity index (χ0n) is 11.7. The lowest BCUT2D eigenvalue weighted by Crippen LogP contribution is -2.07. The number of pyridine rings is 1. The smallest absolute Gasteiger partial charge is 0.249 e. The molecular weight excluding hydrogens is 276 g/mol. The van der Waals surface area contributed by atoms with Gasteiger partial charge in [0, 0.05) is 30.1 Å². The lowest BCUT2D eigenvalue weighted by atomic mass is 10.2. The lowest BCUT2D eigenvalue weighted by Gasteiger charge is -1.96. The molecule has 2 aromatic heterocycles. The van der Waals surface area contributed by atoms with E-state index in [-0.39, 0.29) is 5.91 Å². The predicted molar refractivity (Wildman–Crippen MR) is 85.9 cm³/mol. The number of H-pyrrole nitrogens is 1. The van der Waals surface area contributed by atoms with Gasteiger partial charge in [0.05, 0.1) is 5.69 Å². The van der Waals surface area contributed by atoms with Crippen molar-refractivity contribution in [3.63, 3.8) is 0 Å². The number of aromatic nitrogens is 3. The van der Waals surface area contributed by atoms with Gasteiger partial charge in [0.25, 0.3) is 0 Å². The molecule has 1 amide bonds. The summed E-state index contributed by atoms with van der Waals surface area (Å²) >= 11 is 0. The molecule has 0 aliphatic rings. The Labute approximate surface area is 127 Å². The van der Waals surface area contributed by atoms with Crippen molar-refractivity contribution < 1.29 is 4.79 Å². The van der Waals surface area contributed by atoms with Gasteiger partial charge in [-0.05, 0) is 23.8 Å². The first-order valence-electron chi connectivity index (χ1n) is 6.81. The van der Waals surface area contributed by atoms with Crippen LogP contribution in [0, 0.1) is 0 Å². The minimum atomic E-state index is -0.225. The van der Waals surface area contributed by atoms with E-state index in [2.05, 4.69) is 20.5 Å². The molecule has 1 aromatic carbocycles. The first-order valence-corrected chi connectivity index (χ1v) is 6.81. The highest BCUT2D eigenvalue weighted by molar-refractivity contribution is 6.01. The van der Waals surface area contributed by atoms with Gasteiger partial charge in [-0.25, -0.2) is 0 Å². The molecule has 0 radical (unpaired) electrons. The molecule has 0 aliphatic heterocycles. The topological polar surface area (TPSA) is 70.7 Å². The van der Waals surface area contributed by atoms with Crippen molar-refractivity contribution >= 4 is 17.8 Å². The van der Waals surface area contributed by atoms with Gasteiger partial charge in [-0.15, -0.1) is 0 Å². The number of hydrogen-bond donors (Lipinski definition) is 2. The lowest BCUT2D eigenvalue weighted by molar-refractivity contribution is -0.111. The molecule has 3 rings (SSSR count). The maximum absolute atomic E-state index is 11.9. The normalized spacial score (nSPS) is 10.7. The molecular formula is C17H14N4O. The van der Waals surface area contributed by atoms with E-state index < -0.39 is 0 Å². The standard InChI is InChI=1S/C17H14N4O/c22-17(7-6-13-4-2-1-3-5-13)19-16-12-15(20-21-16)14-8-10-18-11-9-14/h1-12H,(H2,19,20,21,22)/b7-6+. The Kier molecular flexibility index (Phi) is 4.06. The van der Waals surface area contributed by atoms with Crippen LogP contribution >= 0.6 is 0 Å². The van der Waals surface area contributed by atoms with Crippen LogP contribution in [0.3, 0.4) is 0 Å². The monoisotopic (exact) mass is 290 g/mol. The highest BCUT2D eigenvalue weighted by atomic mass is 16.1. The number of carbonyl (C=O) groups excluding carboxylic acids is 1. The molecule has 0 atom stereocenters. The van der Waals surface area contributed by atoms with Gasteiger partial charge in [-0.1, -0.05) is 30.3 Å². The van der Waals surface area contributed by atoms with E-state index in [4.69, 9.17) is 0 Å². The molecule has 22 heavy (non-hydrogen) atoms. The number of amides is 1. The largest absolute Gasteiger partial charge is 0.306 e. The number of rotatable bonds is 4. The second-order valence-corrected chi connectivity index (χ2v) is 4.64. The van der Waals surface area contributed by atoms with E-state index >= 15 is 0 Å². The summed E-state index contributed by atoms with van der Waals surface area (Å²) in [4.78, 5) is 15.8. The number of aromatic amines is 1. The highest BCUT2D eigenvalue weighted by Crippen LogP contribution is 2.18. The summed E-state index contributed by atoms with van der Waals surface area (Å²) in [6.45, 7) is 0. The van der Waals surface area contributed by atoms with Crippen LogP contribution in [-0.2, 0) is 4.79 Å². The molecule has 5 nitrogen and oxygen atoms in total. The van der Waals surface area contributed by atoms with Crippen molar-refractivity contribution in [3.8, 4) is 11.3 Å². The average Bonchev–Trinajstić information content (AvgIpc) is 3.03. The fourth-order valence-electron chi connectivity index (χ4n) is 1.97. The molecule has 0 aliphatic carbocycles. The SMILES string of the molecule is O=C(/C=C/c1ccccc1)Nc1cc(-c2ccncc2)[nH]n1. The molecule has 0 bridgehead atoms. The Morgan fingerprint density at radius 3 is 2.64 bits per heavy atom. The summed E-state index contributed by atoms with van der Waals surface area (Å²) < 4.78 is 0. The molecule has 3 aromatic rings. The Morgan fingerprint density at radius 1 is 1.09 bits per heavy atom. The second-order valence-electron chi connectivity index (χ2n) is 4.64.